The summed E-state index contributed by atoms with van der Waals surface area (Å²) in [5, 5.41) is 10.7. The van der Waals surface area contributed by atoms with E-state index in [1.807, 2.05) is 25.0 Å². The molecule has 0 bridgehead atoms. The predicted molar refractivity (Wildman–Crippen MR) is 114 cm³/mol. The summed E-state index contributed by atoms with van der Waals surface area (Å²) in [6.45, 7) is 16.4. The number of fused-ring (bicyclic) bond motifs is 6. The van der Waals surface area contributed by atoms with Gasteiger partial charge in [0, 0.05) is 0 Å². The highest BCUT2D eigenvalue weighted by Gasteiger charge is 2.63. The number of hydrogen-bond donors (Lipinski definition) is 1. The van der Waals surface area contributed by atoms with Crippen molar-refractivity contribution >= 4 is 0 Å². The van der Waals surface area contributed by atoms with Crippen LogP contribution in [-0.4, -0.2) is 11.2 Å². The van der Waals surface area contributed by atoms with Gasteiger partial charge in [0.1, 0.15) is 0 Å². The van der Waals surface area contributed by atoms with E-state index < -0.39 is 0 Å². The van der Waals surface area contributed by atoms with Gasteiger partial charge in [-0.05, 0) is 97.2 Å². The molecule has 3 saturated carbocycles. The maximum absolute atomic E-state index is 10.7. The van der Waals surface area contributed by atoms with Crippen LogP contribution in [0.4, 0.5) is 0 Å². The van der Waals surface area contributed by atoms with Crippen molar-refractivity contribution in [1.29, 1.82) is 0 Å². The lowest BCUT2D eigenvalue weighted by Gasteiger charge is -2.60. The Morgan fingerprint density at radius 2 is 1.63 bits per heavy atom. The third-order valence-electron chi connectivity index (χ3n) is 10.5. The molecule has 0 amide bonds. The van der Waals surface area contributed by atoms with E-state index >= 15 is 0 Å². The molecule has 0 aromatic carbocycles. The summed E-state index contributed by atoms with van der Waals surface area (Å²) in [6, 6.07) is 0. The molecule has 1 heteroatoms. The molecule has 6 unspecified atom stereocenters. The van der Waals surface area contributed by atoms with Gasteiger partial charge in [0.2, 0.25) is 0 Å². The number of rotatable bonds is 0. The monoisotopic (exact) mass is 372 g/mol. The van der Waals surface area contributed by atoms with Crippen molar-refractivity contribution in [2.24, 2.45) is 45.8 Å². The van der Waals surface area contributed by atoms with E-state index in [1.165, 1.54) is 44.9 Å². The van der Waals surface area contributed by atoms with Crippen molar-refractivity contribution in [2.45, 2.75) is 106 Å². The Bertz CT molecular complexity index is 630. The standard InChI is InChI=1S/C24H38O.C2H6/c1-14-12-15-13-18-16-6-7-19-22(2,3)20(25)9-11-23(19,4)17(16)8-10-24(18,5)21(14)15;1-2/h14-15,18-21,25H,6-13H2,1-5H3;1-2H3/t14-,15?,18?,19?,20?,21?,23-,24?;/m1./s1. The van der Waals surface area contributed by atoms with E-state index in [2.05, 4.69) is 34.6 Å². The van der Waals surface area contributed by atoms with Gasteiger partial charge in [-0.25, -0.2) is 0 Å². The van der Waals surface area contributed by atoms with E-state index in [4.69, 9.17) is 0 Å². The van der Waals surface area contributed by atoms with E-state index in [9.17, 15) is 5.11 Å². The van der Waals surface area contributed by atoms with Crippen molar-refractivity contribution in [2.75, 3.05) is 0 Å². The molecular formula is C26H44O. The zero-order valence-corrected chi connectivity index (χ0v) is 19.1. The van der Waals surface area contributed by atoms with Gasteiger partial charge in [-0.3, -0.25) is 0 Å². The van der Waals surface area contributed by atoms with Crippen LogP contribution in [0.25, 0.3) is 0 Å². The summed E-state index contributed by atoms with van der Waals surface area (Å²) in [7, 11) is 0. The highest BCUT2D eigenvalue weighted by Crippen LogP contribution is 2.71. The van der Waals surface area contributed by atoms with Crippen molar-refractivity contribution in [3.8, 4) is 0 Å². The molecule has 0 aromatic heterocycles. The third kappa shape index (κ3) is 2.45. The molecule has 1 N–H and O–H groups in total. The molecular weight excluding hydrogens is 328 g/mol. The second-order valence-corrected chi connectivity index (χ2v) is 11.7. The Kier molecular flexibility index (Phi) is 4.70. The Labute approximate surface area is 168 Å². The third-order valence-corrected chi connectivity index (χ3v) is 10.5. The molecule has 0 spiro atoms. The van der Waals surface area contributed by atoms with Gasteiger partial charge in [0.25, 0.3) is 0 Å². The van der Waals surface area contributed by atoms with E-state index in [1.54, 1.807) is 0 Å². The van der Waals surface area contributed by atoms with Crippen LogP contribution in [0, 0.1) is 45.8 Å². The summed E-state index contributed by atoms with van der Waals surface area (Å²) >= 11 is 0. The first-order chi connectivity index (χ1) is 12.7. The highest BCUT2D eigenvalue weighted by molar-refractivity contribution is 5.36. The van der Waals surface area contributed by atoms with Crippen molar-refractivity contribution in [3.05, 3.63) is 11.1 Å². The fraction of sp³-hybridized carbons (Fsp3) is 0.923. The van der Waals surface area contributed by atoms with E-state index in [-0.39, 0.29) is 11.5 Å². The SMILES string of the molecule is CC.C[C@@H]1CC2CC3C4=C(CCC3(C)C21)[C@@]1(C)CCC(O)C(C)(C)C1CC4. The Balaban J connectivity index is 0.000000872. The van der Waals surface area contributed by atoms with E-state index in [0.29, 0.717) is 16.7 Å². The van der Waals surface area contributed by atoms with Crippen LogP contribution in [0.5, 0.6) is 0 Å². The topological polar surface area (TPSA) is 20.2 Å². The molecule has 154 valence electrons. The van der Waals surface area contributed by atoms with Crippen molar-refractivity contribution in [1.82, 2.24) is 0 Å². The largest absolute Gasteiger partial charge is 0.393 e. The Morgan fingerprint density at radius 3 is 2.30 bits per heavy atom. The average Bonchev–Trinajstić information content (AvgIpc) is 2.86. The molecule has 0 aromatic rings. The smallest absolute Gasteiger partial charge is 0.0594 e. The minimum Gasteiger partial charge on any atom is -0.393 e. The zero-order valence-electron chi connectivity index (χ0n) is 19.1. The summed E-state index contributed by atoms with van der Waals surface area (Å²) < 4.78 is 0. The van der Waals surface area contributed by atoms with Gasteiger partial charge in [-0.15, -0.1) is 0 Å². The van der Waals surface area contributed by atoms with Crippen LogP contribution in [0.3, 0.4) is 0 Å². The highest BCUT2D eigenvalue weighted by atomic mass is 16.3. The summed E-state index contributed by atoms with van der Waals surface area (Å²) in [4.78, 5) is 0. The van der Waals surface area contributed by atoms with Gasteiger partial charge in [-0.2, -0.15) is 0 Å². The minimum atomic E-state index is -0.107. The summed E-state index contributed by atoms with van der Waals surface area (Å²) in [5.41, 5.74) is 4.84. The van der Waals surface area contributed by atoms with E-state index in [0.717, 1.165) is 30.1 Å². The quantitative estimate of drug-likeness (QED) is 0.454. The van der Waals surface area contributed by atoms with Gasteiger partial charge in [0.05, 0.1) is 6.10 Å². The first-order valence-electron chi connectivity index (χ1n) is 12.1. The lowest BCUT2D eigenvalue weighted by atomic mass is 9.45. The normalized spacial score (nSPS) is 52.4. The van der Waals surface area contributed by atoms with Crippen LogP contribution >= 0.6 is 0 Å². The molecule has 5 rings (SSSR count). The molecule has 0 radical (unpaired) electrons. The fourth-order valence-electron chi connectivity index (χ4n) is 9.29. The van der Waals surface area contributed by atoms with Crippen LogP contribution in [0.15, 0.2) is 11.1 Å². The minimum absolute atomic E-state index is 0.0789. The molecule has 1 nitrogen and oxygen atoms in total. The first kappa shape index (κ1) is 20.0. The predicted octanol–water partition coefficient (Wildman–Crippen LogP) is 7.00. The lowest BCUT2D eigenvalue weighted by Crippen LogP contribution is -2.53. The van der Waals surface area contributed by atoms with Crippen LogP contribution in [0.1, 0.15) is 99.8 Å². The number of hydrogen-bond acceptors (Lipinski definition) is 1. The van der Waals surface area contributed by atoms with Crippen LogP contribution < -0.4 is 0 Å². The average molecular weight is 373 g/mol. The number of aliphatic hydroxyl groups excluding tert-OH is 1. The molecule has 3 fully saturated rings. The number of allylic oxidation sites excluding steroid dienone is 2. The van der Waals surface area contributed by atoms with Crippen LogP contribution in [0.2, 0.25) is 0 Å². The Morgan fingerprint density at radius 1 is 0.926 bits per heavy atom. The van der Waals surface area contributed by atoms with Gasteiger partial charge in [-0.1, -0.05) is 59.6 Å². The molecule has 8 atom stereocenters. The molecule has 5 aliphatic rings. The second-order valence-electron chi connectivity index (χ2n) is 11.7. The summed E-state index contributed by atoms with van der Waals surface area (Å²) in [5.74, 6) is 4.58. The second kappa shape index (κ2) is 6.35. The molecule has 0 aliphatic heterocycles. The molecule has 5 aliphatic carbocycles. The van der Waals surface area contributed by atoms with Crippen LogP contribution in [-0.2, 0) is 0 Å². The number of aliphatic hydroxyl groups is 1. The molecule has 0 saturated heterocycles. The maximum atomic E-state index is 10.7. The summed E-state index contributed by atoms with van der Waals surface area (Å²) in [6.07, 6.45) is 10.6. The fourth-order valence-corrected chi connectivity index (χ4v) is 9.29. The lowest BCUT2D eigenvalue weighted by molar-refractivity contribution is -0.0937. The van der Waals surface area contributed by atoms with Gasteiger partial charge in [0.15, 0.2) is 0 Å². The first-order valence-corrected chi connectivity index (χ1v) is 12.1. The molecule has 0 heterocycles. The van der Waals surface area contributed by atoms with Gasteiger partial charge < -0.3 is 5.11 Å². The zero-order chi connectivity index (χ0) is 19.8. The molecule has 27 heavy (non-hydrogen) atoms. The maximum Gasteiger partial charge on any atom is 0.0594 e. The Hall–Kier alpha value is -0.300. The van der Waals surface area contributed by atoms with Crippen molar-refractivity contribution < 1.29 is 5.11 Å². The van der Waals surface area contributed by atoms with Gasteiger partial charge >= 0.3 is 0 Å². The van der Waals surface area contributed by atoms with Crippen molar-refractivity contribution in [3.63, 3.8) is 0 Å².